The van der Waals surface area contributed by atoms with Crippen molar-refractivity contribution in [1.29, 1.82) is 0 Å². The first-order valence-electron chi connectivity index (χ1n) is 6.10. The van der Waals surface area contributed by atoms with Gasteiger partial charge in [0.2, 0.25) is 0 Å². The number of hydrogen-bond donors (Lipinski definition) is 2. The largest absolute Gasteiger partial charge is 0.383 e. The van der Waals surface area contributed by atoms with E-state index in [1.54, 1.807) is 19.1 Å². The first-order chi connectivity index (χ1) is 9.45. The van der Waals surface area contributed by atoms with Gasteiger partial charge in [0.1, 0.15) is 5.82 Å². The van der Waals surface area contributed by atoms with Gasteiger partial charge in [-0.25, -0.2) is 4.98 Å². The molecule has 0 aliphatic rings. The molecule has 0 saturated carbocycles. The predicted molar refractivity (Wildman–Crippen MR) is 80.1 cm³/mol. The molecular weight excluding hydrogens is 274 g/mol. The van der Waals surface area contributed by atoms with Crippen molar-refractivity contribution >= 4 is 23.4 Å². The smallest absolute Gasteiger partial charge is 0.253 e. The highest BCUT2D eigenvalue weighted by molar-refractivity contribution is 8.00. The summed E-state index contributed by atoms with van der Waals surface area (Å²) in [5, 5.41) is -0.00869. The molecule has 0 saturated heterocycles. The number of hydrogen-bond acceptors (Lipinski definition) is 5. The number of H-pyrrole nitrogens is 1. The molecule has 0 aliphatic heterocycles. The van der Waals surface area contributed by atoms with Crippen molar-refractivity contribution in [3.8, 4) is 0 Å². The molecule has 2 rings (SSSR count). The summed E-state index contributed by atoms with van der Waals surface area (Å²) in [6, 6.07) is 8.58. The van der Waals surface area contributed by atoms with Crippen LogP contribution in [-0.4, -0.2) is 21.0 Å². The zero-order valence-corrected chi connectivity index (χ0v) is 12.0. The Labute approximate surface area is 120 Å². The highest BCUT2D eigenvalue weighted by Gasteiger charge is 2.17. The Morgan fingerprint density at radius 3 is 2.60 bits per heavy atom. The number of carbonyl (C=O) groups is 1. The number of nitrogens with one attached hydrogen (secondary N) is 1. The van der Waals surface area contributed by atoms with Gasteiger partial charge in [0.25, 0.3) is 5.56 Å². The lowest BCUT2D eigenvalue weighted by molar-refractivity contribution is 0.0994. The molecule has 0 unspecified atom stereocenters. The van der Waals surface area contributed by atoms with Gasteiger partial charge in [-0.3, -0.25) is 9.59 Å². The normalized spacial score (nSPS) is 12.1. The van der Waals surface area contributed by atoms with Crippen LogP contribution in [0.5, 0.6) is 0 Å². The zero-order valence-electron chi connectivity index (χ0n) is 11.2. The number of aromatic nitrogens is 2. The fourth-order valence-corrected chi connectivity index (χ4v) is 2.58. The van der Waals surface area contributed by atoms with Gasteiger partial charge in [0, 0.05) is 11.6 Å². The molecule has 1 atom stereocenters. The van der Waals surface area contributed by atoms with Crippen molar-refractivity contribution in [2.24, 2.45) is 0 Å². The average Bonchev–Trinajstić information content (AvgIpc) is 2.37. The number of thioether (sulfide) groups is 1. The van der Waals surface area contributed by atoms with Crippen LogP contribution in [0.3, 0.4) is 0 Å². The number of carbonyl (C=O) groups excluding carboxylic acids is 1. The number of nitrogens with zero attached hydrogens (tertiary/aromatic N) is 1. The molecule has 0 fully saturated rings. The van der Waals surface area contributed by atoms with E-state index in [0.717, 1.165) is 5.56 Å². The van der Waals surface area contributed by atoms with E-state index in [0.29, 0.717) is 10.7 Å². The molecule has 0 amide bonds. The SMILES string of the molecule is Cc1ccc(C(=O)[C@H](C)Sc2nc(N)cc(=O)[nH]2)cc1. The molecule has 5 nitrogen and oxygen atoms in total. The van der Waals surface area contributed by atoms with E-state index in [2.05, 4.69) is 9.97 Å². The third-order valence-electron chi connectivity index (χ3n) is 2.73. The topological polar surface area (TPSA) is 88.8 Å². The first-order valence-corrected chi connectivity index (χ1v) is 6.98. The van der Waals surface area contributed by atoms with Gasteiger partial charge >= 0.3 is 0 Å². The maximum Gasteiger partial charge on any atom is 0.253 e. The molecule has 0 aliphatic carbocycles. The fourth-order valence-electron chi connectivity index (χ4n) is 1.68. The van der Waals surface area contributed by atoms with Crippen LogP contribution in [0.1, 0.15) is 22.8 Å². The Kier molecular flexibility index (Phi) is 4.24. The monoisotopic (exact) mass is 289 g/mol. The quantitative estimate of drug-likeness (QED) is 0.510. The number of nitrogens with two attached hydrogens (primary N) is 1. The van der Waals surface area contributed by atoms with Crippen LogP contribution in [0, 0.1) is 6.92 Å². The summed E-state index contributed by atoms with van der Waals surface area (Å²) in [5.74, 6) is 0.131. The molecule has 20 heavy (non-hydrogen) atoms. The predicted octanol–water partition coefficient (Wildman–Crippen LogP) is 2.02. The summed E-state index contributed by atoms with van der Waals surface area (Å²) < 4.78 is 0. The molecule has 1 aromatic carbocycles. The van der Waals surface area contributed by atoms with Gasteiger partial charge in [-0.2, -0.15) is 0 Å². The maximum absolute atomic E-state index is 12.3. The van der Waals surface area contributed by atoms with E-state index in [-0.39, 0.29) is 22.4 Å². The lowest BCUT2D eigenvalue weighted by atomic mass is 10.1. The van der Waals surface area contributed by atoms with Crippen molar-refractivity contribution in [1.82, 2.24) is 9.97 Å². The Balaban J connectivity index is 2.15. The van der Waals surface area contributed by atoms with Crippen molar-refractivity contribution in [2.75, 3.05) is 5.73 Å². The number of rotatable bonds is 4. The average molecular weight is 289 g/mol. The molecule has 6 heteroatoms. The first kappa shape index (κ1) is 14.3. The molecule has 1 heterocycles. The number of ketones is 1. The van der Waals surface area contributed by atoms with Crippen LogP contribution in [0.25, 0.3) is 0 Å². The lowest BCUT2D eigenvalue weighted by Crippen LogP contribution is -2.16. The third-order valence-corrected chi connectivity index (χ3v) is 3.72. The summed E-state index contributed by atoms with van der Waals surface area (Å²) in [5.41, 5.74) is 6.93. The summed E-state index contributed by atoms with van der Waals surface area (Å²) >= 11 is 1.18. The van der Waals surface area contributed by atoms with Crippen LogP contribution < -0.4 is 11.3 Å². The Morgan fingerprint density at radius 1 is 1.35 bits per heavy atom. The number of aromatic amines is 1. The molecule has 0 radical (unpaired) electrons. The van der Waals surface area contributed by atoms with Crippen molar-refractivity contribution in [2.45, 2.75) is 24.3 Å². The standard InChI is InChI=1S/C14H15N3O2S/c1-8-3-5-10(6-4-8)13(19)9(2)20-14-16-11(15)7-12(18)17-14/h3-7,9H,1-2H3,(H3,15,16,17,18)/t9-/m0/s1. The van der Waals surface area contributed by atoms with Gasteiger partial charge in [-0.15, -0.1) is 0 Å². The summed E-state index contributed by atoms with van der Waals surface area (Å²) in [4.78, 5) is 30.1. The second kappa shape index (κ2) is 5.92. The molecule has 2 aromatic rings. The molecule has 104 valence electrons. The number of benzene rings is 1. The van der Waals surface area contributed by atoms with Crippen LogP contribution >= 0.6 is 11.8 Å². The summed E-state index contributed by atoms with van der Waals surface area (Å²) in [6.45, 7) is 3.74. The van der Waals surface area contributed by atoms with Gasteiger partial charge in [-0.1, -0.05) is 41.6 Å². The summed E-state index contributed by atoms with van der Waals surface area (Å²) in [7, 11) is 0. The fraction of sp³-hybridized carbons (Fsp3) is 0.214. The molecular formula is C14H15N3O2S. The molecule has 3 N–H and O–H groups in total. The number of aryl methyl sites for hydroxylation is 1. The molecule has 1 aromatic heterocycles. The van der Waals surface area contributed by atoms with E-state index in [1.165, 1.54) is 17.8 Å². The van der Waals surface area contributed by atoms with Crippen LogP contribution in [0.15, 0.2) is 40.3 Å². The van der Waals surface area contributed by atoms with Crippen LogP contribution in [0.4, 0.5) is 5.82 Å². The minimum atomic E-state index is -0.359. The molecule has 0 bridgehead atoms. The lowest BCUT2D eigenvalue weighted by Gasteiger charge is -2.09. The minimum Gasteiger partial charge on any atom is -0.383 e. The number of Topliss-reactive ketones (excluding diaryl/α,β-unsaturated/α-hetero) is 1. The van der Waals surface area contributed by atoms with Crippen LogP contribution in [0.2, 0.25) is 0 Å². The highest BCUT2D eigenvalue weighted by Crippen LogP contribution is 2.22. The zero-order chi connectivity index (χ0) is 14.7. The van der Waals surface area contributed by atoms with Gasteiger partial charge in [0.05, 0.1) is 5.25 Å². The second-order valence-electron chi connectivity index (χ2n) is 4.47. The van der Waals surface area contributed by atoms with Gasteiger partial charge in [-0.05, 0) is 13.8 Å². The Morgan fingerprint density at radius 2 is 2.00 bits per heavy atom. The van der Waals surface area contributed by atoms with Gasteiger partial charge in [0.15, 0.2) is 10.9 Å². The second-order valence-corrected chi connectivity index (χ2v) is 5.80. The minimum absolute atomic E-state index is 0.0138. The van der Waals surface area contributed by atoms with E-state index in [4.69, 9.17) is 5.73 Å². The van der Waals surface area contributed by atoms with Crippen molar-refractivity contribution in [3.05, 3.63) is 51.8 Å². The van der Waals surface area contributed by atoms with Crippen molar-refractivity contribution in [3.63, 3.8) is 0 Å². The Hall–Kier alpha value is -2.08. The van der Waals surface area contributed by atoms with E-state index in [1.807, 2.05) is 19.1 Å². The highest BCUT2D eigenvalue weighted by atomic mass is 32.2. The number of nitrogen functional groups attached to an aromatic ring is 1. The maximum atomic E-state index is 12.3. The van der Waals surface area contributed by atoms with Crippen molar-refractivity contribution < 1.29 is 4.79 Å². The summed E-state index contributed by atoms with van der Waals surface area (Å²) in [6.07, 6.45) is 0. The number of anilines is 1. The van der Waals surface area contributed by atoms with E-state index in [9.17, 15) is 9.59 Å². The van der Waals surface area contributed by atoms with E-state index >= 15 is 0 Å². The Bertz CT molecular complexity index is 680. The third kappa shape index (κ3) is 3.48. The van der Waals surface area contributed by atoms with Gasteiger partial charge < -0.3 is 10.7 Å². The molecule has 0 spiro atoms. The van der Waals surface area contributed by atoms with Crippen LogP contribution in [-0.2, 0) is 0 Å². The van der Waals surface area contributed by atoms with E-state index < -0.39 is 0 Å².